The van der Waals surface area contributed by atoms with Gasteiger partial charge in [-0.3, -0.25) is 14.4 Å². The number of nitrogens with one attached hydrogen (secondary N) is 1. The number of ketones is 1. The molecule has 0 aliphatic heterocycles. The number of carbonyl (C=O) groups excluding carboxylic acids is 3. The fourth-order valence-corrected chi connectivity index (χ4v) is 2.66. The molecule has 0 aliphatic rings. The highest BCUT2D eigenvalue weighted by Gasteiger charge is 2.14. The van der Waals surface area contributed by atoms with E-state index in [4.69, 9.17) is 9.47 Å². The molecular weight excluding hydrogens is 358 g/mol. The fraction of sp³-hybridized carbons (Fsp3) is 0.318. The highest BCUT2D eigenvalue weighted by Crippen LogP contribution is 2.16. The molecule has 6 heteroatoms. The van der Waals surface area contributed by atoms with Crippen molar-refractivity contribution in [1.82, 2.24) is 5.32 Å². The van der Waals surface area contributed by atoms with Crippen molar-refractivity contribution in [1.29, 1.82) is 0 Å². The molecule has 0 spiro atoms. The third-order valence-corrected chi connectivity index (χ3v) is 4.33. The number of benzene rings is 2. The zero-order chi connectivity index (χ0) is 20.7. The van der Waals surface area contributed by atoms with Crippen LogP contribution in [0.25, 0.3) is 0 Å². The Labute approximate surface area is 164 Å². The molecule has 0 aliphatic carbocycles. The average Bonchev–Trinajstić information content (AvgIpc) is 2.67. The standard InChI is InChI=1S/C22H25NO5/c1-5-27-18-8-6-17(7-9-18)22(26)23-12-21(25)28-13-20(24)19-11-15(3)14(2)10-16(19)4/h6-11H,5,12-13H2,1-4H3,(H,23,26). The smallest absolute Gasteiger partial charge is 0.325 e. The lowest BCUT2D eigenvalue weighted by Gasteiger charge is -2.10. The molecule has 2 aromatic carbocycles. The van der Waals surface area contributed by atoms with E-state index in [2.05, 4.69) is 5.32 Å². The number of amides is 1. The van der Waals surface area contributed by atoms with Gasteiger partial charge < -0.3 is 14.8 Å². The van der Waals surface area contributed by atoms with Crippen molar-refractivity contribution in [3.8, 4) is 5.75 Å². The van der Waals surface area contributed by atoms with Gasteiger partial charge in [-0.2, -0.15) is 0 Å². The van der Waals surface area contributed by atoms with Crippen molar-refractivity contribution >= 4 is 17.7 Å². The van der Waals surface area contributed by atoms with E-state index in [1.807, 2.05) is 33.8 Å². The van der Waals surface area contributed by atoms with E-state index in [1.165, 1.54) is 0 Å². The van der Waals surface area contributed by atoms with Crippen LogP contribution in [0.4, 0.5) is 0 Å². The molecule has 0 saturated heterocycles. The van der Waals surface area contributed by atoms with Crippen molar-refractivity contribution in [2.45, 2.75) is 27.7 Å². The number of aryl methyl sites for hydroxylation is 3. The predicted molar refractivity (Wildman–Crippen MR) is 106 cm³/mol. The molecule has 0 heterocycles. The molecule has 0 fully saturated rings. The topological polar surface area (TPSA) is 81.7 Å². The van der Waals surface area contributed by atoms with Crippen molar-refractivity contribution in [3.05, 3.63) is 64.2 Å². The van der Waals surface area contributed by atoms with Gasteiger partial charge in [0.25, 0.3) is 5.91 Å². The second-order valence-corrected chi connectivity index (χ2v) is 6.48. The monoisotopic (exact) mass is 383 g/mol. The quantitative estimate of drug-likeness (QED) is 0.559. The van der Waals surface area contributed by atoms with E-state index in [9.17, 15) is 14.4 Å². The first kappa shape index (κ1) is 21.2. The Morgan fingerprint density at radius 1 is 0.929 bits per heavy atom. The molecule has 2 rings (SSSR count). The molecule has 6 nitrogen and oxygen atoms in total. The Balaban J connectivity index is 1.83. The first-order chi connectivity index (χ1) is 13.3. The van der Waals surface area contributed by atoms with E-state index < -0.39 is 11.9 Å². The van der Waals surface area contributed by atoms with Crippen LogP contribution in [0.5, 0.6) is 5.75 Å². The summed E-state index contributed by atoms with van der Waals surface area (Å²) in [6, 6.07) is 10.3. The molecule has 0 bridgehead atoms. The Morgan fingerprint density at radius 3 is 2.21 bits per heavy atom. The van der Waals surface area contributed by atoms with Gasteiger partial charge in [0.1, 0.15) is 12.3 Å². The lowest BCUT2D eigenvalue weighted by Crippen LogP contribution is -2.31. The van der Waals surface area contributed by atoms with Crippen molar-refractivity contribution in [3.63, 3.8) is 0 Å². The number of hydrogen-bond acceptors (Lipinski definition) is 5. The van der Waals surface area contributed by atoms with E-state index in [0.717, 1.165) is 16.7 Å². The highest BCUT2D eigenvalue weighted by atomic mass is 16.5. The Hall–Kier alpha value is -3.15. The van der Waals surface area contributed by atoms with Crippen LogP contribution in [-0.4, -0.2) is 37.4 Å². The number of carbonyl (C=O) groups is 3. The fourth-order valence-electron chi connectivity index (χ4n) is 2.66. The Kier molecular flexibility index (Phi) is 7.32. The summed E-state index contributed by atoms with van der Waals surface area (Å²) >= 11 is 0. The molecule has 148 valence electrons. The van der Waals surface area contributed by atoms with Gasteiger partial charge in [-0.25, -0.2) is 0 Å². The number of rotatable bonds is 8. The SMILES string of the molecule is CCOc1ccc(C(=O)NCC(=O)OCC(=O)c2cc(C)c(C)cc2C)cc1. The normalized spacial score (nSPS) is 10.3. The number of ether oxygens (including phenoxy) is 2. The summed E-state index contributed by atoms with van der Waals surface area (Å²) in [5, 5.41) is 2.48. The van der Waals surface area contributed by atoms with Crippen molar-refractivity contribution in [2.75, 3.05) is 19.8 Å². The Bertz CT molecular complexity index is 871. The van der Waals surface area contributed by atoms with Crippen LogP contribution in [-0.2, 0) is 9.53 Å². The molecular formula is C22H25NO5. The Morgan fingerprint density at radius 2 is 1.57 bits per heavy atom. The number of hydrogen-bond donors (Lipinski definition) is 1. The van der Waals surface area contributed by atoms with Gasteiger partial charge >= 0.3 is 5.97 Å². The van der Waals surface area contributed by atoms with Crippen LogP contribution in [0.3, 0.4) is 0 Å². The lowest BCUT2D eigenvalue weighted by molar-refractivity contribution is -0.141. The number of esters is 1. The third-order valence-electron chi connectivity index (χ3n) is 4.33. The second kappa shape index (κ2) is 9.69. The third kappa shape index (κ3) is 5.67. The molecule has 0 saturated carbocycles. The van der Waals surface area contributed by atoms with Gasteiger partial charge in [0, 0.05) is 11.1 Å². The van der Waals surface area contributed by atoms with Gasteiger partial charge in [-0.05, 0) is 74.7 Å². The molecule has 2 aromatic rings. The predicted octanol–water partition coefficient (Wildman–Crippen LogP) is 3.17. The van der Waals surface area contributed by atoms with Gasteiger partial charge in [-0.15, -0.1) is 0 Å². The van der Waals surface area contributed by atoms with Crippen molar-refractivity contribution < 1.29 is 23.9 Å². The van der Waals surface area contributed by atoms with E-state index in [1.54, 1.807) is 30.3 Å². The first-order valence-corrected chi connectivity index (χ1v) is 9.09. The van der Waals surface area contributed by atoms with Gasteiger partial charge in [0.05, 0.1) is 6.61 Å². The van der Waals surface area contributed by atoms with E-state index in [0.29, 0.717) is 23.5 Å². The van der Waals surface area contributed by atoms with Crippen LogP contribution in [0.2, 0.25) is 0 Å². The van der Waals surface area contributed by atoms with Crippen LogP contribution >= 0.6 is 0 Å². The maximum absolute atomic E-state index is 12.3. The summed E-state index contributed by atoms with van der Waals surface area (Å²) in [5.74, 6) is -0.684. The summed E-state index contributed by atoms with van der Waals surface area (Å²) in [6.45, 7) is 7.48. The van der Waals surface area contributed by atoms with E-state index >= 15 is 0 Å². The lowest BCUT2D eigenvalue weighted by atomic mass is 9.98. The number of Topliss-reactive ketones (excluding diaryl/α,β-unsaturated/α-hetero) is 1. The van der Waals surface area contributed by atoms with Crippen LogP contribution in [0.15, 0.2) is 36.4 Å². The summed E-state index contributed by atoms with van der Waals surface area (Å²) in [4.78, 5) is 36.2. The van der Waals surface area contributed by atoms with Crippen LogP contribution in [0.1, 0.15) is 44.3 Å². The largest absolute Gasteiger partial charge is 0.494 e. The molecule has 28 heavy (non-hydrogen) atoms. The molecule has 1 N–H and O–H groups in total. The van der Waals surface area contributed by atoms with Crippen LogP contribution in [0, 0.1) is 20.8 Å². The summed E-state index contributed by atoms with van der Waals surface area (Å²) in [7, 11) is 0. The van der Waals surface area contributed by atoms with Crippen LogP contribution < -0.4 is 10.1 Å². The summed E-state index contributed by atoms with van der Waals surface area (Å²) < 4.78 is 10.3. The maximum atomic E-state index is 12.3. The van der Waals surface area contributed by atoms with Gasteiger partial charge in [-0.1, -0.05) is 6.07 Å². The molecule has 0 atom stereocenters. The summed E-state index contributed by atoms with van der Waals surface area (Å²) in [5.41, 5.74) is 3.88. The highest BCUT2D eigenvalue weighted by molar-refractivity contribution is 6.00. The minimum Gasteiger partial charge on any atom is -0.494 e. The molecule has 0 radical (unpaired) electrons. The van der Waals surface area contributed by atoms with Gasteiger partial charge in [0.2, 0.25) is 5.78 Å². The molecule has 1 amide bonds. The zero-order valence-electron chi connectivity index (χ0n) is 16.6. The second-order valence-electron chi connectivity index (χ2n) is 6.48. The summed E-state index contributed by atoms with van der Waals surface area (Å²) in [6.07, 6.45) is 0. The minimum atomic E-state index is -0.672. The van der Waals surface area contributed by atoms with Gasteiger partial charge in [0.15, 0.2) is 6.61 Å². The maximum Gasteiger partial charge on any atom is 0.325 e. The minimum absolute atomic E-state index is 0.271. The zero-order valence-corrected chi connectivity index (χ0v) is 16.6. The average molecular weight is 383 g/mol. The molecule has 0 unspecified atom stereocenters. The van der Waals surface area contributed by atoms with E-state index in [-0.39, 0.29) is 18.9 Å². The molecule has 0 aromatic heterocycles. The first-order valence-electron chi connectivity index (χ1n) is 9.09. The van der Waals surface area contributed by atoms with Crippen molar-refractivity contribution in [2.24, 2.45) is 0 Å².